The molecular weight excluding hydrogens is 228 g/mol. The molecule has 2 N–H and O–H groups in total. The van der Waals surface area contributed by atoms with Gasteiger partial charge in [-0.2, -0.15) is 0 Å². The van der Waals surface area contributed by atoms with Crippen molar-refractivity contribution in [3.63, 3.8) is 0 Å². The van der Waals surface area contributed by atoms with Crippen LogP contribution in [-0.4, -0.2) is 22.4 Å². The Balaban J connectivity index is 1.92. The number of phenols is 1. The average molecular weight is 248 g/mol. The second kappa shape index (κ2) is 4.47. The Bertz CT molecular complexity index is 455. The molecule has 3 nitrogen and oxygen atoms in total. The summed E-state index contributed by atoms with van der Waals surface area (Å²) in [6.07, 6.45) is 4.25. The number of benzene rings is 1. The van der Waals surface area contributed by atoms with E-state index in [1.54, 1.807) is 0 Å². The van der Waals surface area contributed by atoms with Crippen molar-refractivity contribution in [2.45, 2.75) is 57.2 Å². The third-order valence-electron chi connectivity index (χ3n) is 4.17. The third kappa shape index (κ3) is 1.87. The summed E-state index contributed by atoms with van der Waals surface area (Å²) in [6.45, 7) is 2.10. The maximum absolute atomic E-state index is 10.0. The van der Waals surface area contributed by atoms with Crippen molar-refractivity contribution < 1.29 is 14.9 Å². The standard InChI is InChI=1S/C15H20O3/c1-2-3-9-6-14-12(8-13(9)17)11-5-4-10(16)7-15(11)18-14/h6,8,10-11,15-17H,2-5,7H2,1H3. The maximum atomic E-state index is 10.0. The molecule has 1 fully saturated rings. The van der Waals surface area contributed by atoms with Crippen LogP contribution in [0.1, 0.15) is 49.7 Å². The maximum Gasteiger partial charge on any atom is 0.123 e. The highest BCUT2D eigenvalue weighted by molar-refractivity contribution is 5.50. The van der Waals surface area contributed by atoms with Crippen molar-refractivity contribution in [1.82, 2.24) is 0 Å². The summed E-state index contributed by atoms with van der Waals surface area (Å²) in [5.41, 5.74) is 2.10. The fourth-order valence-electron chi connectivity index (χ4n) is 3.25. The summed E-state index contributed by atoms with van der Waals surface area (Å²) in [6, 6.07) is 3.86. The van der Waals surface area contributed by atoms with E-state index in [0.29, 0.717) is 18.1 Å². The fraction of sp³-hybridized carbons (Fsp3) is 0.600. The number of ether oxygens (including phenoxy) is 1. The number of aryl methyl sites for hydroxylation is 1. The summed E-state index contributed by atoms with van der Waals surface area (Å²) >= 11 is 0. The molecule has 3 unspecified atom stereocenters. The van der Waals surface area contributed by atoms with Crippen LogP contribution in [0.3, 0.4) is 0 Å². The Hall–Kier alpha value is -1.22. The number of aliphatic hydroxyl groups excluding tert-OH is 1. The first-order chi connectivity index (χ1) is 8.69. The molecule has 3 heteroatoms. The van der Waals surface area contributed by atoms with Crippen LogP contribution in [0.15, 0.2) is 12.1 Å². The molecule has 0 spiro atoms. The quantitative estimate of drug-likeness (QED) is 0.846. The highest BCUT2D eigenvalue weighted by Crippen LogP contribution is 2.47. The summed E-state index contributed by atoms with van der Waals surface area (Å²) < 4.78 is 5.95. The third-order valence-corrected chi connectivity index (χ3v) is 4.17. The molecule has 18 heavy (non-hydrogen) atoms. The van der Waals surface area contributed by atoms with E-state index in [2.05, 4.69) is 6.92 Å². The first-order valence-electron chi connectivity index (χ1n) is 6.89. The van der Waals surface area contributed by atoms with Crippen LogP contribution >= 0.6 is 0 Å². The van der Waals surface area contributed by atoms with Gasteiger partial charge in [0.25, 0.3) is 0 Å². The molecule has 98 valence electrons. The Morgan fingerprint density at radius 3 is 2.94 bits per heavy atom. The van der Waals surface area contributed by atoms with Crippen LogP contribution in [0.5, 0.6) is 11.5 Å². The van der Waals surface area contributed by atoms with Gasteiger partial charge in [-0.3, -0.25) is 0 Å². The molecule has 0 aromatic heterocycles. The number of hydrogen-bond donors (Lipinski definition) is 2. The van der Waals surface area contributed by atoms with Gasteiger partial charge in [0.1, 0.15) is 17.6 Å². The topological polar surface area (TPSA) is 49.7 Å². The van der Waals surface area contributed by atoms with Gasteiger partial charge in [0, 0.05) is 17.9 Å². The molecule has 1 heterocycles. The fourth-order valence-corrected chi connectivity index (χ4v) is 3.25. The van der Waals surface area contributed by atoms with Crippen LogP contribution in [0, 0.1) is 0 Å². The first-order valence-corrected chi connectivity index (χ1v) is 6.89. The second-order valence-electron chi connectivity index (χ2n) is 5.50. The van der Waals surface area contributed by atoms with Gasteiger partial charge in [-0.1, -0.05) is 13.3 Å². The van der Waals surface area contributed by atoms with Gasteiger partial charge < -0.3 is 14.9 Å². The predicted octanol–water partition coefficient (Wildman–Crippen LogP) is 2.73. The lowest BCUT2D eigenvalue weighted by molar-refractivity contribution is 0.0551. The number of aromatic hydroxyl groups is 1. The van der Waals surface area contributed by atoms with E-state index in [1.807, 2.05) is 12.1 Å². The smallest absolute Gasteiger partial charge is 0.123 e. The average Bonchev–Trinajstić information content (AvgIpc) is 2.66. The Morgan fingerprint density at radius 2 is 2.17 bits per heavy atom. The molecule has 1 aromatic carbocycles. The minimum absolute atomic E-state index is 0.0972. The highest BCUT2D eigenvalue weighted by atomic mass is 16.5. The van der Waals surface area contributed by atoms with E-state index < -0.39 is 0 Å². The molecule has 3 atom stereocenters. The summed E-state index contributed by atoms with van der Waals surface area (Å²) in [7, 11) is 0. The molecule has 0 radical (unpaired) electrons. The van der Waals surface area contributed by atoms with Gasteiger partial charge >= 0.3 is 0 Å². The Labute approximate surface area is 107 Å². The summed E-state index contributed by atoms with van der Waals surface area (Å²) in [5.74, 6) is 1.66. The van der Waals surface area contributed by atoms with Crippen LogP contribution < -0.4 is 4.74 Å². The second-order valence-corrected chi connectivity index (χ2v) is 5.50. The van der Waals surface area contributed by atoms with Crippen molar-refractivity contribution in [2.75, 3.05) is 0 Å². The van der Waals surface area contributed by atoms with E-state index >= 15 is 0 Å². The Morgan fingerprint density at radius 1 is 1.33 bits per heavy atom. The summed E-state index contributed by atoms with van der Waals surface area (Å²) in [5, 5.41) is 19.7. The minimum Gasteiger partial charge on any atom is -0.508 e. The van der Waals surface area contributed by atoms with Gasteiger partial charge in [-0.05, 0) is 37.0 Å². The lowest BCUT2D eigenvalue weighted by Gasteiger charge is -2.27. The molecule has 2 aliphatic rings. The van der Waals surface area contributed by atoms with E-state index in [-0.39, 0.29) is 12.2 Å². The van der Waals surface area contributed by atoms with Crippen molar-refractivity contribution >= 4 is 0 Å². The van der Waals surface area contributed by atoms with Gasteiger partial charge in [0.2, 0.25) is 0 Å². The first kappa shape index (κ1) is 11.8. The van der Waals surface area contributed by atoms with Crippen molar-refractivity contribution in [3.05, 3.63) is 23.3 Å². The molecule has 3 rings (SSSR count). The number of rotatable bonds is 2. The zero-order chi connectivity index (χ0) is 12.7. The lowest BCUT2D eigenvalue weighted by Crippen LogP contribution is -2.30. The lowest BCUT2D eigenvalue weighted by atomic mass is 9.81. The van der Waals surface area contributed by atoms with Crippen molar-refractivity contribution in [1.29, 1.82) is 0 Å². The molecule has 1 saturated carbocycles. The van der Waals surface area contributed by atoms with E-state index in [9.17, 15) is 10.2 Å². The minimum atomic E-state index is -0.232. The SMILES string of the molecule is CCCc1cc2c(cc1O)C1CCC(O)CC1O2. The highest BCUT2D eigenvalue weighted by Gasteiger charge is 2.39. The van der Waals surface area contributed by atoms with Gasteiger partial charge in [0.05, 0.1) is 6.10 Å². The molecule has 1 aromatic rings. The molecular formula is C15H20O3. The molecule has 1 aliphatic carbocycles. The molecule has 0 bridgehead atoms. The predicted molar refractivity (Wildman–Crippen MR) is 69.1 cm³/mol. The van der Waals surface area contributed by atoms with E-state index in [0.717, 1.165) is 42.6 Å². The van der Waals surface area contributed by atoms with Crippen LogP contribution in [0.25, 0.3) is 0 Å². The van der Waals surface area contributed by atoms with Gasteiger partial charge in [-0.25, -0.2) is 0 Å². The van der Waals surface area contributed by atoms with Crippen molar-refractivity contribution in [2.24, 2.45) is 0 Å². The van der Waals surface area contributed by atoms with Gasteiger partial charge in [0.15, 0.2) is 0 Å². The zero-order valence-corrected chi connectivity index (χ0v) is 10.7. The molecule has 0 amide bonds. The number of hydrogen-bond acceptors (Lipinski definition) is 3. The monoisotopic (exact) mass is 248 g/mol. The largest absolute Gasteiger partial charge is 0.508 e. The normalized spacial score (nSPS) is 29.6. The van der Waals surface area contributed by atoms with Crippen LogP contribution in [0.2, 0.25) is 0 Å². The molecule has 0 saturated heterocycles. The molecule has 1 aliphatic heterocycles. The number of aliphatic hydroxyl groups is 1. The van der Waals surface area contributed by atoms with Crippen molar-refractivity contribution in [3.8, 4) is 11.5 Å². The van der Waals surface area contributed by atoms with Crippen LogP contribution in [0.4, 0.5) is 0 Å². The zero-order valence-electron chi connectivity index (χ0n) is 10.7. The van der Waals surface area contributed by atoms with Crippen LogP contribution in [-0.2, 0) is 6.42 Å². The van der Waals surface area contributed by atoms with E-state index in [4.69, 9.17) is 4.74 Å². The number of fused-ring (bicyclic) bond motifs is 3. The van der Waals surface area contributed by atoms with E-state index in [1.165, 1.54) is 0 Å². The van der Waals surface area contributed by atoms with Gasteiger partial charge in [-0.15, -0.1) is 0 Å². The summed E-state index contributed by atoms with van der Waals surface area (Å²) in [4.78, 5) is 0. The Kier molecular flexibility index (Phi) is 2.94. The number of phenolic OH excluding ortho intramolecular Hbond substituents is 1.